The van der Waals surface area contributed by atoms with Gasteiger partial charge in [0.25, 0.3) is 0 Å². The minimum atomic E-state index is -0.103. The fourth-order valence-corrected chi connectivity index (χ4v) is 3.20. The highest BCUT2D eigenvalue weighted by Crippen LogP contribution is 2.30. The Morgan fingerprint density at radius 2 is 2.12 bits per heavy atom. The molecule has 1 aromatic heterocycles. The number of hydrogen-bond donors (Lipinski definition) is 1. The molecular weight excluding hydrogens is 316 g/mol. The minimum absolute atomic E-state index is 0.0543. The molecule has 3 rings (SSSR count). The first-order valence-electron chi connectivity index (χ1n) is 9.07. The van der Waals surface area contributed by atoms with Crippen LogP contribution in [0.1, 0.15) is 56.4 Å². The van der Waals surface area contributed by atoms with Crippen LogP contribution in [0.4, 0.5) is 4.79 Å². The van der Waals surface area contributed by atoms with Gasteiger partial charge >= 0.3 is 6.03 Å². The number of benzene rings is 1. The van der Waals surface area contributed by atoms with E-state index in [4.69, 9.17) is 4.52 Å². The van der Waals surface area contributed by atoms with Crippen LogP contribution in [0.5, 0.6) is 0 Å². The first kappa shape index (κ1) is 17.5. The first-order valence-corrected chi connectivity index (χ1v) is 9.07. The lowest BCUT2D eigenvalue weighted by molar-refractivity contribution is 0.178. The summed E-state index contributed by atoms with van der Waals surface area (Å²) in [6.45, 7) is 4.65. The summed E-state index contributed by atoms with van der Waals surface area (Å²) in [5.41, 5.74) is 1.32. The smallest absolute Gasteiger partial charge is 0.318 e. The van der Waals surface area contributed by atoms with Crippen LogP contribution < -0.4 is 5.32 Å². The molecule has 1 aromatic carbocycles. The second kappa shape index (κ2) is 8.14. The molecule has 1 saturated heterocycles. The Labute approximate surface area is 148 Å². The lowest BCUT2D eigenvalue weighted by Crippen LogP contribution is -2.42. The number of hydrogen-bond acceptors (Lipinski definition) is 4. The topological polar surface area (TPSA) is 71.3 Å². The average molecular weight is 342 g/mol. The van der Waals surface area contributed by atoms with Gasteiger partial charge in [-0.1, -0.05) is 35.5 Å². The van der Waals surface area contributed by atoms with Crippen LogP contribution in [0.2, 0.25) is 0 Å². The second-order valence-corrected chi connectivity index (χ2v) is 6.84. The third kappa shape index (κ3) is 4.59. The summed E-state index contributed by atoms with van der Waals surface area (Å²) in [7, 11) is 0. The van der Waals surface area contributed by atoms with E-state index < -0.39 is 0 Å². The number of aryl methyl sites for hydroxylation is 2. The molecule has 1 fully saturated rings. The maximum absolute atomic E-state index is 12.3. The van der Waals surface area contributed by atoms with Gasteiger partial charge in [0, 0.05) is 19.0 Å². The fourth-order valence-electron chi connectivity index (χ4n) is 3.20. The molecule has 0 saturated carbocycles. The largest absolute Gasteiger partial charge is 0.337 e. The summed E-state index contributed by atoms with van der Waals surface area (Å²) in [6.07, 6.45) is 4.59. The average Bonchev–Trinajstić information content (AvgIpc) is 3.24. The van der Waals surface area contributed by atoms with Crippen molar-refractivity contribution in [2.45, 2.75) is 58.0 Å². The van der Waals surface area contributed by atoms with Gasteiger partial charge in [-0.3, -0.25) is 0 Å². The van der Waals surface area contributed by atoms with Gasteiger partial charge in [0.1, 0.15) is 6.04 Å². The van der Waals surface area contributed by atoms with Crippen molar-refractivity contribution in [3.8, 4) is 0 Å². The standard InChI is InChI=1S/C19H26N4O2/c1-14(2)20-19(24)23-13-7-11-16(23)18-21-17(22-25-18)12-6-10-15-8-4-3-5-9-15/h3-5,8-9,14,16H,6-7,10-13H2,1-2H3,(H,20,24)/t16-/m0/s1. The molecule has 2 amide bonds. The van der Waals surface area contributed by atoms with Crippen molar-refractivity contribution in [1.82, 2.24) is 20.4 Å². The zero-order valence-corrected chi connectivity index (χ0v) is 14.9. The van der Waals surface area contributed by atoms with Crippen LogP contribution in [0.25, 0.3) is 0 Å². The summed E-state index contributed by atoms with van der Waals surface area (Å²) in [5, 5.41) is 7.04. The van der Waals surface area contributed by atoms with Gasteiger partial charge in [-0.2, -0.15) is 4.98 Å². The Morgan fingerprint density at radius 1 is 1.32 bits per heavy atom. The van der Waals surface area contributed by atoms with E-state index >= 15 is 0 Å². The highest BCUT2D eigenvalue weighted by molar-refractivity contribution is 5.75. The predicted molar refractivity (Wildman–Crippen MR) is 95.1 cm³/mol. The second-order valence-electron chi connectivity index (χ2n) is 6.84. The predicted octanol–water partition coefficient (Wildman–Crippen LogP) is 3.50. The lowest BCUT2D eigenvalue weighted by atomic mass is 10.1. The Morgan fingerprint density at radius 3 is 2.88 bits per heavy atom. The van der Waals surface area contributed by atoms with Crippen molar-refractivity contribution < 1.29 is 9.32 Å². The molecule has 134 valence electrons. The first-order chi connectivity index (χ1) is 12.1. The molecule has 1 aliphatic rings. The molecule has 1 atom stereocenters. The molecule has 0 unspecified atom stereocenters. The van der Waals surface area contributed by atoms with Crippen LogP contribution in [0.3, 0.4) is 0 Å². The number of rotatable bonds is 6. The maximum atomic E-state index is 12.3. The third-order valence-corrected chi connectivity index (χ3v) is 4.40. The van der Waals surface area contributed by atoms with Crippen LogP contribution in [-0.2, 0) is 12.8 Å². The number of nitrogens with zero attached hydrogens (tertiary/aromatic N) is 3. The van der Waals surface area contributed by atoms with Gasteiger partial charge < -0.3 is 14.7 Å². The zero-order valence-electron chi connectivity index (χ0n) is 14.9. The molecule has 6 nitrogen and oxygen atoms in total. The van der Waals surface area contributed by atoms with Crippen molar-refractivity contribution in [2.75, 3.05) is 6.54 Å². The van der Waals surface area contributed by atoms with E-state index in [2.05, 4.69) is 39.7 Å². The number of nitrogens with one attached hydrogen (secondary N) is 1. The van der Waals surface area contributed by atoms with Gasteiger partial charge in [0.05, 0.1) is 0 Å². The fraction of sp³-hybridized carbons (Fsp3) is 0.526. The Balaban J connectivity index is 1.56. The quantitative estimate of drug-likeness (QED) is 0.872. The highest BCUT2D eigenvalue weighted by Gasteiger charge is 2.34. The molecule has 0 bridgehead atoms. The van der Waals surface area contributed by atoms with Crippen LogP contribution in [0.15, 0.2) is 34.9 Å². The summed E-state index contributed by atoms with van der Waals surface area (Å²) >= 11 is 0. The van der Waals surface area contributed by atoms with Gasteiger partial charge in [-0.15, -0.1) is 0 Å². The normalized spacial score (nSPS) is 17.2. The Hall–Kier alpha value is -2.37. The van der Waals surface area contributed by atoms with E-state index in [0.29, 0.717) is 5.89 Å². The molecule has 25 heavy (non-hydrogen) atoms. The van der Waals surface area contributed by atoms with Crippen molar-refractivity contribution in [3.63, 3.8) is 0 Å². The van der Waals surface area contributed by atoms with E-state index in [-0.39, 0.29) is 18.1 Å². The van der Waals surface area contributed by atoms with Crippen LogP contribution in [-0.4, -0.2) is 33.7 Å². The summed E-state index contributed by atoms with van der Waals surface area (Å²) in [6, 6.07) is 10.4. The maximum Gasteiger partial charge on any atom is 0.318 e. The molecule has 0 radical (unpaired) electrons. The Kier molecular flexibility index (Phi) is 5.68. The van der Waals surface area contributed by atoms with Gasteiger partial charge in [0.15, 0.2) is 5.82 Å². The van der Waals surface area contributed by atoms with Crippen molar-refractivity contribution >= 4 is 6.03 Å². The van der Waals surface area contributed by atoms with Crippen molar-refractivity contribution in [2.24, 2.45) is 0 Å². The summed E-state index contributed by atoms with van der Waals surface area (Å²) < 4.78 is 5.45. The van der Waals surface area contributed by atoms with Gasteiger partial charge in [-0.25, -0.2) is 4.79 Å². The minimum Gasteiger partial charge on any atom is -0.337 e. The van der Waals surface area contributed by atoms with Crippen molar-refractivity contribution in [1.29, 1.82) is 0 Å². The van der Waals surface area contributed by atoms with E-state index in [9.17, 15) is 4.79 Å². The van der Waals surface area contributed by atoms with Crippen LogP contribution >= 0.6 is 0 Å². The van der Waals surface area contributed by atoms with E-state index in [1.54, 1.807) is 4.90 Å². The number of aromatic nitrogens is 2. The summed E-state index contributed by atoms with van der Waals surface area (Å²) in [5.74, 6) is 1.29. The summed E-state index contributed by atoms with van der Waals surface area (Å²) in [4.78, 5) is 18.6. The van der Waals surface area contributed by atoms with E-state index in [1.807, 2.05) is 19.9 Å². The van der Waals surface area contributed by atoms with Crippen molar-refractivity contribution in [3.05, 3.63) is 47.6 Å². The molecule has 0 spiro atoms. The number of likely N-dealkylation sites (tertiary alicyclic amines) is 1. The monoisotopic (exact) mass is 342 g/mol. The third-order valence-electron chi connectivity index (χ3n) is 4.40. The highest BCUT2D eigenvalue weighted by atomic mass is 16.5. The Bertz CT molecular complexity index is 684. The molecule has 1 N–H and O–H groups in total. The van der Waals surface area contributed by atoms with E-state index in [1.165, 1.54) is 5.56 Å². The number of amides is 2. The number of urea groups is 1. The molecule has 2 aromatic rings. The van der Waals surface area contributed by atoms with Crippen LogP contribution in [0, 0.1) is 0 Å². The van der Waals surface area contributed by atoms with Gasteiger partial charge in [-0.05, 0) is 45.1 Å². The zero-order chi connectivity index (χ0) is 17.6. The molecular formula is C19H26N4O2. The lowest BCUT2D eigenvalue weighted by Gasteiger charge is -2.23. The van der Waals surface area contributed by atoms with Gasteiger partial charge in [0.2, 0.25) is 5.89 Å². The molecule has 6 heteroatoms. The molecule has 0 aliphatic carbocycles. The number of carbonyl (C=O) groups is 1. The van der Waals surface area contributed by atoms with E-state index in [0.717, 1.165) is 44.5 Å². The SMILES string of the molecule is CC(C)NC(=O)N1CCC[C@H]1c1nc(CCCc2ccccc2)no1. The molecule has 2 heterocycles. The number of carbonyl (C=O) groups excluding carboxylic acids is 1. The molecule has 1 aliphatic heterocycles.